The van der Waals surface area contributed by atoms with Gasteiger partial charge in [0.1, 0.15) is 0 Å². The van der Waals surface area contributed by atoms with Gasteiger partial charge in [-0.25, -0.2) is 0 Å². The normalized spacial score (nSPS) is 21.0. The minimum Gasteiger partial charge on any atom is -0.399 e. The van der Waals surface area contributed by atoms with Crippen molar-refractivity contribution in [1.82, 2.24) is 4.90 Å². The number of nitrogens with two attached hydrogens (primary N) is 1. The van der Waals surface area contributed by atoms with E-state index in [0.29, 0.717) is 22.7 Å². The molecule has 0 radical (unpaired) electrons. The summed E-state index contributed by atoms with van der Waals surface area (Å²) in [5, 5.41) is 0. The van der Waals surface area contributed by atoms with Crippen LogP contribution in [0.25, 0.3) is 0 Å². The van der Waals surface area contributed by atoms with Crippen LogP contribution in [0.3, 0.4) is 0 Å². The van der Waals surface area contributed by atoms with Crippen molar-refractivity contribution in [3.05, 3.63) is 29.3 Å². The Morgan fingerprint density at radius 1 is 1.16 bits per heavy atom. The van der Waals surface area contributed by atoms with E-state index in [4.69, 9.17) is 5.73 Å². The predicted molar refractivity (Wildman–Crippen MR) is 72.8 cm³/mol. The Kier molecular flexibility index (Phi) is 2.81. The van der Waals surface area contributed by atoms with Crippen molar-refractivity contribution in [2.24, 2.45) is 5.92 Å². The van der Waals surface area contributed by atoms with E-state index < -0.39 is 0 Å². The lowest BCUT2D eigenvalue weighted by atomic mass is 9.98. The molecule has 1 aliphatic carbocycles. The lowest BCUT2D eigenvalue weighted by Gasteiger charge is -2.27. The van der Waals surface area contributed by atoms with Crippen LogP contribution in [0.4, 0.5) is 5.69 Å². The molecule has 2 N–H and O–H groups in total. The topological polar surface area (TPSA) is 63.4 Å². The molecule has 1 aromatic rings. The Morgan fingerprint density at radius 2 is 1.79 bits per heavy atom. The fourth-order valence-corrected chi connectivity index (χ4v) is 3.30. The summed E-state index contributed by atoms with van der Waals surface area (Å²) < 4.78 is 0. The minimum atomic E-state index is -0.188. The van der Waals surface area contributed by atoms with Crippen LogP contribution in [-0.2, 0) is 0 Å². The quantitative estimate of drug-likeness (QED) is 0.654. The number of carbonyl (C=O) groups excluding carboxylic acids is 2. The molecule has 1 aromatic carbocycles. The number of imide groups is 1. The molecule has 4 nitrogen and oxygen atoms in total. The number of fused-ring (bicyclic) bond motifs is 1. The number of anilines is 1. The molecule has 2 amide bonds. The Labute approximate surface area is 112 Å². The van der Waals surface area contributed by atoms with E-state index in [9.17, 15) is 9.59 Å². The number of hydrogen-bond donors (Lipinski definition) is 1. The molecule has 1 fully saturated rings. The molecule has 19 heavy (non-hydrogen) atoms. The number of rotatable bonds is 2. The van der Waals surface area contributed by atoms with Crippen LogP contribution in [0.5, 0.6) is 0 Å². The Bertz CT molecular complexity index is 547. The highest BCUT2D eigenvalue weighted by Gasteiger charge is 2.41. The maximum absolute atomic E-state index is 12.4. The van der Waals surface area contributed by atoms with Gasteiger partial charge < -0.3 is 5.73 Å². The van der Waals surface area contributed by atoms with E-state index in [1.54, 1.807) is 18.2 Å². The summed E-state index contributed by atoms with van der Waals surface area (Å²) in [5.41, 5.74) is 7.17. The van der Waals surface area contributed by atoms with Gasteiger partial charge in [-0.3, -0.25) is 14.5 Å². The third-order valence-corrected chi connectivity index (χ3v) is 4.43. The first-order valence-corrected chi connectivity index (χ1v) is 6.87. The third kappa shape index (κ3) is 1.82. The molecule has 1 saturated carbocycles. The second kappa shape index (κ2) is 4.37. The zero-order chi connectivity index (χ0) is 13.6. The fraction of sp³-hybridized carbons (Fsp3) is 0.467. The zero-order valence-corrected chi connectivity index (χ0v) is 11.1. The molecule has 0 saturated heterocycles. The summed E-state index contributed by atoms with van der Waals surface area (Å²) in [6, 6.07) is 4.92. The molecule has 1 atom stereocenters. The molecule has 100 valence electrons. The highest BCUT2D eigenvalue weighted by atomic mass is 16.2. The fourth-order valence-electron chi connectivity index (χ4n) is 3.30. The van der Waals surface area contributed by atoms with Gasteiger partial charge in [0, 0.05) is 11.7 Å². The standard InChI is InChI=1S/C15H18N2O2/c1-9(10-4-2-3-5-10)17-14(18)12-7-6-11(16)8-13(12)15(17)19/h6-10H,2-5,16H2,1H3. The molecular weight excluding hydrogens is 240 g/mol. The lowest BCUT2D eigenvalue weighted by Crippen LogP contribution is -2.41. The first-order valence-electron chi connectivity index (χ1n) is 6.87. The van der Waals surface area contributed by atoms with E-state index >= 15 is 0 Å². The monoisotopic (exact) mass is 258 g/mol. The van der Waals surface area contributed by atoms with Crippen LogP contribution in [0.1, 0.15) is 53.3 Å². The SMILES string of the molecule is CC(C1CCCC1)N1C(=O)c2ccc(N)cc2C1=O. The lowest BCUT2D eigenvalue weighted by molar-refractivity contribution is 0.0546. The molecule has 0 bridgehead atoms. The Balaban J connectivity index is 1.93. The summed E-state index contributed by atoms with van der Waals surface area (Å²) in [6.07, 6.45) is 4.61. The van der Waals surface area contributed by atoms with Crippen molar-refractivity contribution in [2.45, 2.75) is 38.6 Å². The first kappa shape index (κ1) is 12.2. The van der Waals surface area contributed by atoms with Crippen molar-refractivity contribution >= 4 is 17.5 Å². The van der Waals surface area contributed by atoms with Gasteiger partial charge in [0.15, 0.2) is 0 Å². The summed E-state index contributed by atoms with van der Waals surface area (Å²) in [5.74, 6) is 0.0886. The van der Waals surface area contributed by atoms with E-state index in [2.05, 4.69) is 0 Å². The number of hydrogen-bond acceptors (Lipinski definition) is 3. The average Bonchev–Trinajstić information content (AvgIpc) is 2.98. The number of amides is 2. The minimum absolute atomic E-state index is 0.0175. The van der Waals surface area contributed by atoms with Crippen LogP contribution in [0.2, 0.25) is 0 Å². The van der Waals surface area contributed by atoms with E-state index in [1.807, 2.05) is 6.92 Å². The second-order valence-corrected chi connectivity index (χ2v) is 5.57. The van der Waals surface area contributed by atoms with E-state index in [0.717, 1.165) is 12.8 Å². The molecule has 1 unspecified atom stereocenters. The largest absolute Gasteiger partial charge is 0.399 e. The maximum Gasteiger partial charge on any atom is 0.261 e. The van der Waals surface area contributed by atoms with Gasteiger partial charge in [0.25, 0.3) is 11.8 Å². The van der Waals surface area contributed by atoms with E-state index in [-0.39, 0.29) is 17.9 Å². The molecule has 1 heterocycles. The van der Waals surface area contributed by atoms with Crippen molar-refractivity contribution in [2.75, 3.05) is 5.73 Å². The van der Waals surface area contributed by atoms with Crippen LogP contribution in [-0.4, -0.2) is 22.8 Å². The van der Waals surface area contributed by atoms with Crippen molar-refractivity contribution in [3.8, 4) is 0 Å². The molecule has 1 aliphatic heterocycles. The third-order valence-electron chi connectivity index (χ3n) is 4.43. The Hall–Kier alpha value is -1.84. The average molecular weight is 258 g/mol. The van der Waals surface area contributed by atoms with Crippen LogP contribution in [0, 0.1) is 5.92 Å². The molecule has 2 aliphatic rings. The zero-order valence-electron chi connectivity index (χ0n) is 11.1. The van der Waals surface area contributed by atoms with Crippen molar-refractivity contribution < 1.29 is 9.59 Å². The van der Waals surface area contributed by atoms with Crippen LogP contribution >= 0.6 is 0 Å². The Morgan fingerprint density at radius 3 is 2.47 bits per heavy atom. The summed E-state index contributed by atoms with van der Waals surface area (Å²) >= 11 is 0. The first-order chi connectivity index (χ1) is 9.09. The van der Waals surface area contributed by atoms with Gasteiger partial charge >= 0.3 is 0 Å². The maximum atomic E-state index is 12.4. The molecule has 0 spiro atoms. The van der Waals surface area contributed by atoms with E-state index in [1.165, 1.54) is 17.7 Å². The molecular formula is C15H18N2O2. The smallest absolute Gasteiger partial charge is 0.261 e. The number of nitrogen functional groups attached to an aromatic ring is 1. The number of benzene rings is 1. The number of nitrogens with zero attached hydrogens (tertiary/aromatic N) is 1. The highest BCUT2D eigenvalue weighted by molar-refractivity contribution is 6.21. The molecule has 4 heteroatoms. The van der Waals surface area contributed by atoms with Crippen LogP contribution in [0.15, 0.2) is 18.2 Å². The number of carbonyl (C=O) groups is 2. The van der Waals surface area contributed by atoms with Crippen molar-refractivity contribution in [1.29, 1.82) is 0 Å². The van der Waals surface area contributed by atoms with Gasteiger partial charge in [-0.05, 0) is 43.9 Å². The van der Waals surface area contributed by atoms with Gasteiger partial charge in [-0.2, -0.15) is 0 Å². The summed E-state index contributed by atoms with van der Waals surface area (Å²) in [4.78, 5) is 26.2. The van der Waals surface area contributed by atoms with Gasteiger partial charge in [0.2, 0.25) is 0 Å². The second-order valence-electron chi connectivity index (χ2n) is 5.57. The highest BCUT2D eigenvalue weighted by Crippen LogP contribution is 2.34. The molecule has 0 aromatic heterocycles. The predicted octanol–water partition coefficient (Wildman–Crippen LogP) is 2.44. The van der Waals surface area contributed by atoms with Gasteiger partial charge in [-0.15, -0.1) is 0 Å². The van der Waals surface area contributed by atoms with Gasteiger partial charge in [0.05, 0.1) is 11.1 Å². The summed E-state index contributed by atoms with van der Waals surface area (Å²) in [7, 11) is 0. The summed E-state index contributed by atoms with van der Waals surface area (Å²) in [6.45, 7) is 1.99. The van der Waals surface area contributed by atoms with Gasteiger partial charge in [-0.1, -0.05) is 12.8 Å². The van der Waals surface area contributed by atoms with Crippen molar-refractivity contribution in [3.63, 3.8) is 0 Å². The molecule has 3 rings (SSSR count). The van der Waals surface area contributed by atoms with Crippen LogP contribution < -0.4 is 5.73 Å².